The minimum Gasteiger partial charge on any atom is -0.496 e. The zero-order valence-corrected chi connectivity index (χ0v) is 10.7. The number of hydrogen-bond acceptors (Lipinski definition) is 2. The number of benzene rings is 2. The number of Topliss-reactive ketones (excluding diaryl/α,β-unsaturated/α-hetero) is 1. The summed E-state index contributed by atoms with van der Waals surface area (Å²) in [6, 6.07) is 15.5. The van der Waals surface area contributed by atoms with Gasteiger partial charge in [-0.05, 0) is 17.7 Å². The largest absolute Gasteiger partial charge is 0.496 e. The van der Waals surface area contributed by atoms with Crippen molar-refractivity contribution >= 4 is 11.9 Å². The van der Waals surface area contributed by atoms with Crippen molar-refractivity contribution in [2.75, 3.05) is 7.11 Å². The third-order valence-electron chi connectivity index (χ3n) is 3.40. The second kappa shape index (κ2) is 4.73. The van der Waals surface area contributed by atoms with E-state index in [4.69, 9.17) is 4.74 Å². The average molecular weight is 250 g/mol. The van der Waals surface area contributed by atoms with Gasteiger partial charge in [-0.2, -0.15) is 0 Å². The summed E-state index contributed by atoms with van der Waals surface area (Å²) in [4.78, 5) is 12.3. The summed E-state index contributed by atoms with van der Waals surface area (Å²) in [7, 11) is 1.64. The van der Waals surface area contributed by atoms with Crippen molar-refractivity contribution in [1.82, 2.24) is 0 Å². The summed E-state index contributed by atoms with van der Waals surface area (Å²) >= 11 is 0. The number of fused-ring (bicyclic) bond motifs is 1. The molecule has 0 aromatic heterocycles. The first-order valence-electron chi connectivity index (χ1n) is 6.26. The molecule has 0 unspecified atom stereocenters. The van der Waals surface area contributed by atoms with Crippen LogP contribution in [0.15, 0.2) is 54.1 Å². The Kier molecular flexibility index (Phi) is 2.92. The molecule has 0 heterocycles. The van der Waals surface area contributed by atoms with Crippen LogP contribution in [0.4, 0.5) is 0 Å². The molecule has 0 fully saturated rings. The van der Waals surface area contributed by atoms with Crippen molar-refractivity contribution in [3.63, 3.8) is 0 Å². The molecule has 1 aliphatic rings. The van der Waals surface area contributed by atoms with Gasteiger partial charge in [0.25, 0.3) is 0 Å². The maximum atomic E-state index is 12.3. The summed E-state index contributed by atoms with van der Waals surface area (Å²) in [6.45, 7) is 0. The normalized spacial score (nSPS) is 15.6. The second-order valence-corrected chi connectivity index (χ2v) is 4.57. The molecule has 0 amide bonds. The number of allylic oxidation sites excluding steroid dienone is 1. The highest BCUT2D eigenvalue weighted by molar-refractivity contribution is 6.16. The molecule has 3 rings (SSSR count). The number of hydrogen-bond donors (Lipinski definition) is 0. The van der Waals surface area contributed by atoms with Crippen LogP contribution in [-0.2, 0) is 6.42 Å². The lowest BCUT2D eigenvalue weighted by Gasteiger charge is -2.04. The highest BCUT2D eigenvalue weighted by atomic mass is 16.5. The van der Waals surface area contributed by atoms with Crippen LogP contribution in [0.5, 0.6) is 5.75 Å². The third-order valence-corrected chi connectivity index (χ3v) is 3.40. The van der Waals surface area contributed by atoms with Crippen LogP contribution < -0.4 is 4.74 Å². The van der Waals surface area contributed by atoms with E-state index in [9.17, 15) is 4.79 Å². The van der Waals surface area contributed by atoms with Crippen molar-refractivity contribution in [3.05, 3.63) is 70.8 Å². The molecule has 0 radical (unpaired) electrons. The van der Waals surface area contributed by atoms with Crippen molar-refractivity contribution in [2.45, 2.75) is 6.42 Å². The van der Waals surface area contributed by atoms with Gasteiger partial charge in [-0.15, -0.1) is 0 Å². The monoisotopic (exact) mass is 250 g/mol. The first kappa shape index (κ1) is 11.7. The second-order valence-electron chi connectivity index (χ2n) is 4.57. The van der Waals surface area contributed by atoms with Crippen LogP contribution in [0.3, 0.4) is 0 Å². The van der Waals surface area contributed by atoms with E-state index in [0.29, 0.717) is 6.42 Å². The van der Waals surface area contributed by atoms with Gasteiger partial charge in [0.1, 0.15) is 5.75 Å². The molecule has 2 aromatic carbocycles. The molecule has 19 heavy (non-hydrogen) atoms. The molecule has 94 valence electrons. The lowest BCUT2D eigenvalue weighted by Crippen LogP contribution is -1.95. The minimum atomic E-state index is 0.109. The zero-order valence-electron chi connectivity index (χ0n) is 10.7. The predicted octanol–water partition coefficient (Wildman–Crippen LogP) is 3.52. The van der Waals surface area contributed by atoms with Gasteiger partial charge in [0, 0.05) is 23.1 Å². The molecule has 0 bridgehead atoms. The van der Waals surface area contributed by atoms with Crippen LogP contribution in [0.2, 0.25) is 0 Å². The Morgan fingerprint density at radius 2 is 1.84 bits per heavy atom. The minimum absolute atomic E-state index is 0.109. The third kappa shape index (κ3) is 2.06. The van der Waals surface area contributed by atoms with E-state index in [1.54, 1.807) is 7.11 Å². The Bertz CT molecular complexity index is 654. The Hall–Kier alpha value is -2.35. The van der Waals surface area contributed by atoms with E-state index in [1.807, 2.05) is 54.6 Å². The van der Waals surface area contributed by atoms with Crippen molar-refractivity contribution in [3.8, 4) is 5.75 Å². The fourth-order valence-corrected chi connectivity index (χ4v) is 2.46. The van der Waals surface area contributed by atoms with E-state index in [-0.39, 0.29) is 5.78 Å². The summed E-state index contributed by atoms with van der Waals surface area (Å²) in [5, 5.41) is 0. The zero-order chi connectivity index (χ0) is 13.2. The van der Waals surface area contributed by atoms with Crippen LogP contribution in [0, 0.1) is 0 Å². The predicted molar refractivity (Wildman–Crippen MR) is 75.4 cm³/mol. The number of methoxy groups -OCH3 is 1. The van der Waals surface area contributed by atoms with Crippen molar-refractivity contribution in [1.29, 1.82) is 0 Å². The quantitative estimate of drug-likeness (QED) is 0.762. The number of ether oxygens (including phenoxy) is 1. The van der Waals surface area contributed by atoms with E-state index in [2.05, 4.69) is 0 Å². The van der Waals surface area contributed by atoms with Crippen molar-refractivity contribution in [2.24, 2.45) is 0 Å². The molecular formula is C17H14O2. The molecular weight excluding hydrogens is 236 g/mol. The molecule has 0 spiro atoms. The highest BCUT2D eigenvalue weighted by Crippen LogP contribution is 2.34. The fourth-order valence-electron chi connectivity index (χ4n) is 2.46. The molecule has 2 aromatic rings. The number of carbonyl (C=O) groups is 1. The van der Waals surface area contributed by atoms with E-state index < -0.39 is 0 Å². The number of rotatable bonds is 2. The Morgan fingerprint density at radius 3 is 2.58 bits per heavy atom. The van der Waals surface area contributed by atoms with Gasteiger partial charge in [0.2, 0.25) is 0 Å². The SMILES string of the molecule is COc1cccc2c1C/C(=C\c1ccccc1)C2=O. The molecule has 0 atom stereocenters. The van der Waals surface area contributed by atoms with E-state index >= 15 is 0 Å². The average Bonchev–Trinajstić information content (AvgIpc) is 2.77. The van der Waals surface area contributed by atoms with Gasteiger partial charge < -0.3 is 4.74 Å². The Labute approximate surface area is 112 Å². The topological polar surface area (TPSA) is 26.3 Å². The van der Waals surface area contributed by atoms with Gasteiger partial charge in [0.05, 0.1) is 7.11 Å². The fraction of sp³-hybridized carbons (Fsp3) is 0.118. The molecule has 2 heteroatoms. The van der Waals surface area contributed by atoms with Crippen molar-refractivity contribution < 1.29 is 9.53 Å². The van der Waals surface area contributed by atoms with Gasteiger partial charge in [-0.3, -0.25) is 4.79 Å². The molecule has 0 aliphatic heterocycles. The highest BCUT2D eigenvalue weighted by Gasteiger charge is 2.27. The summed E-state index contributed by atoms with van der Waals surface area (Å²) in [6.07, 6.45) is 2.61. The number of ketones is 1. The molecule has 1 aliphatic carbocycles. The van der Waals surface area contributed by atoms with Crippen LogP contribution in [0.25, 0.3) is 6.08 Å². The standard InChI is InChI=1S/C17H14O2/c1-19-16-9-5-8-14-15(16)11-13(17(14)18)10-12-6-3-2-4-7-12/h2-10H,11H2,1H3/b13-10+. The summed E-state index contributed by atoms with van der Waals surface area (Å²) < 4.78 is 5.32. The van der Waals surface area contributed by atoms with Crippen LogP contribution in [-0.4, -0.2) is 12.9 Å². The lowest BCUT2D eigenvalue weighted by molar-refractivity contribution is 0.104. The first-order chi connectivity index (χ1) is 9.29. The number of carbonyl (C=O) groups excluding carboxylic acids is 1. The smallest absolute Gasteiger partial charge is 0.189 e. The lowest BCUT2D eigenvalue weighted by atomic mass is 10.1. The summed E-state index contributed by atoms with van der Waals surface area (Å²) in [5.74, 6) is 0.903. The van der Waals surface area contributed by atoms with Gasteiger partial charge in [-0.1, -0.05) is 42.5 Å². The first-order valence-corrected chi connectivity index (χ1v) is 6.26. The maximum Gasteiger partial charge on any atom is 0.189 e. The molecule has 0 N–H and O–H groups in total. The molecule has 0 saturated heterocycles. The summed E-state index contributed by atoms with van der Waals surface area (Å²) in [5.41, 5.74) is 3.64. The molecule has 0 saturated carbocycles. The van der Waals surface area contributed by atoms with Gasteiger partial charge in [0.15, 0.2) is 5.78 Å². The maximum absolute atomic E-state index is 12.3. The Morgan fingerprint density at radius 1 is 1.05 bits per heavy atom. The van der Waals surface area contributed by atoms with Crippen LogP contribution >= 0.6 is 0 Å². The van der Waals surface area contributed by atoms with Crippen LogP contribution in [0.1, 0.15) is 21.5 Å². The van der Waals surface area contributed by atoms with Gasteiger partial charge >= 0.3 is 0 Å². The van der Waals surface area contributed by atoms with E-state index in [0.717, 1.165) is 28.0 Å². The van der Waals surface area contributed by atoms with Gasteiger partial charge in [-0.25, -0.2) is 0 Å². The molecule has 2 nitrogen and oxygen atoms in total. The van der Waals surface area contributed by atoms with E-state index in [1.165, 1.54) is 0 Å². The Balaban J connectivity index is 2.02.